The molecule has 3 heteroatoms. The molecule has 0 aromatic rings. The highest BCUT2D eigenvalue weighted by atomic mass is 16.5. The van der Waals surface area contributed by atoms with Crippen molar-refractivity contribution in [3.63, 3.8) is 0 Å². The van der Waals surface area contributed by atoms with Crippen LogP contribution in [0.5, 0.6) is 0 Å². The Morgan fingerprint density at radius 2 is 1.86 bits per heavy atom. The lowest BCUT2D eigenvalue weighted by atomic mass is 10.1. The summed E-state index contributed by atoms with van der Waals surface area (Å²) in [7, 11) is 0. The second-order valence-electron chi connectivity index (χ2n) is 7.32. The molecule has 1 rings (SSSR count). The highest BCUT2D eigenvalue weighted by molar-refractivity contribution is 4.73. The fourth-order valence-electron chi connectivity index (χ4n) is 3.36. The molecule has 1 aliphatic rings. The Bertz CT molecular complexity index is 250. The maximum absolute atomic E-state index is 6.06. The van der Waals surface area contributed by atoms with Gasteiger partial charge in [0.2, 0.25) is 0 Å². The van der Waals surface area contributed by atoms with Crippen LogP contribution >= 0.6 is 0 Å². The van der Waals surface area contributed by atoms with Crippen LogP contribution < -0.4 is 5.32 Å². The first kappa shape index (κ1) is 19.9. The summed E-state index contributed by atoms with van der Waals surface area (Å²) < 4.78 is 6.06. The van der Waals surface area contributed by atoms with Crippen molar-refractivity contribution >= 4 is 0 Å². The molecule has 3 nitrogen and oxygen atoms in total. The van der Waals surface area contributed by atoms with Crippen molar-refractivity contribution in [2.24, 2.45) is 5.92 Å². The van der Waals surface area contributed by atoms with Crippen molar-refractivity contribution in [1.29, 1.82) is 0 Å². The molecule has 0 aromatic carbocycles. The number of unbranched alkanes of at least 4 members (excludes halogenated alkanes) is 1. The number of hydrogen-bond acceptors (Lipinski definition) is 3. The second kappa shape index (κ2) is 12.3. The fourth-order valence-corrected chi connectivity index (χ4v) is 3.36. The maximum Gasteiger partial charge on any atom is 0.0599 e. The molecule has 0 aromatic heterocycles. The summed E-state index contributed by atoms with van der Waals surface area (Å²) in [6.45, 7) is 14.9. The van der Waals surface area contributed by atoms with Crippen LogP contribution in [0.15, 0.2) is 0 Å². The topological polar surface area (TPSA) is 24.5 Å². The van der Waals surface area contributed by atoms with E-state index >= 15 is 0 Å². The van der Waals surface area contributed by atoms with Gasteiger partial charge in [-0.2, -0.15) is 0 Å². The molecule has 0 saturated carbocycles. The molecule has 1 aliphatic heterocycles. The van der Waals surface area contributed by atoms with Crippen LogP contribution in [0.4, 0.5) is 0 Å². The van der Waals surface area contributed by atoms with Crippen LogP contribution in [-0.4, -0.2) is 49.8 Å². The molecule has 1 saturated heterocycles. The minimum absolute atomic E-state index is 0.514. The Morgan fingerprint density at radius 3 is 2.45 bits per heavy atom. The number of rotatable bonds is 12. The predicted molar refractivity (Wildman–Crippen MR) is 96.5 cm³/mol. The monoisotopic (exact) mass is 312 g/mol. The second-order valence-corrected chi connectivity index (χ2v) is 7.32. The Morgan fingerprint density at radius 1 is 1.14 bits per heavy atom. The molecule has 0 amide bonds. The molecule has 1 fully saturated rings. The summed E-state index contributed by atoms with van der Waals surface area (Å²) in [6.07, 6.45) is 9.23. The van der Waals surface area contributed by atoms with Crippen molar-refractivity contribution in [3.05, 3.63) is 0 Å². The molecule has 1 unspecified atom stereocenters. The minimum Gasteiger partial charge on any atom is -0.378 e. The van der Waals surface area contributed by atoms with E-state index in [1.54, 1.807) is 0 Å². The van der Waals surface area contributed by atoms with Crippen LogP contribution in [0, 0.1) is 5.92 Å². The van der Waals surface area contributed by atoms with Gasteiger partial charge in [-0.25, -0.2) is 0 Å². The van der Waals surface area contributed by atoms with Crippen LogP contribution in [0.3, 0.4) is 0 Å². The molecule has 1 atom stereocenters. The van der Waals surface area contributed by atoms with Gasteiger partial charge in [-0.05, 0) is 51.0 Å². The molecular formula is C19H40N2O. The number of hydrogen-bond donors (Lipinski definition) is 1. The lowest BCUT2D eigenvalue weighted by molar-refractivity contribution is 0.00402. The third-order valence-electron chi connectivity index (χ3n) is 4.65. The van der Waals surface area contributed by atoms with Crippen LogP contribution in [0.25, 0.3) is 0 Å². The Balaban J connectivity index is 1.95. The van der Waals surface area contributed by atoms with Crippen molar-refractivity contribution < 1.29 is 4.74 Å². The molecule has 0 aliphatic carbocycles. The van der Waals surface area contributed by atoms with Gasteiger partial charge in [-0.1, -0.05) is 34.1 Å². The van der Waals surface area contributed by atoms with Crippen molar-refractivity contribution in [2.45, 2.75) is 84.8 Å². The van der Waals surface area contributed by atoms with Gasteiger partial charge in [0.05, 0.1) is 6.10 Å². The zero-order valence-corrected chi connectivity index (χ0v) is 15.6. The van der Waals surface area contributed by atoms with Gasteiger partial charge in [-0.15, -0.1) is 0 Å². The summed E-state index contributed by atoms with van der Waals surface area (Å²) in [5, 5.41) is 3.67. The molecular weight excluding hydrogens is 272 g/mol. The van der Waals surface area contributed by atoms with Crippen LogP contribution in [0.2, 0.25) is 0 Å². The lowest BCUT2D eigenvalue weighted by Gasteiger charge is -2.32. The third kappa shape index (κ3) is 9.12. The van der Waals surface area contributed by atoms with E-state index in [9.17, 15) is 0 Å². The molecule has 132 valence electrons. The summed E-state index contributed by atoms with van der Waals surface area (Å²) in [5.41, 5.74) is 0. The van der Waals surface area contributed by atoms with Gasteiger partial charge in [0.25, 0.3) is 0 Å². The Hall–Kier alpha value is -0.120. The van der Waals surface area contributed by atoms with Gasteiger partial charge in [-0.3, -0.25) is 0 Å². The van der Waals surface area contributed by atoms with Crippen molar-refractivity contribution in [2.75, 3.05) is 32.8 Å². The quantitative estimate of drug-likeness (QED) is 0.550. The Labute approximate surface area is 139 Å². The van der Waals surface area contributed by atoms with Gasteiger partial charge in [0.1, 0.15) is 0 Å². The van der Waals surface area contributed by atoms with E-state index < -0.39 is 0 Å². The number of piperidine rings is 1. The standard InChI is InChI=1S/C19H40N2O/c1-5-9-18(6-2)20-12-7-8-15-22-19-10-13-21(14-11-19)16-17(3)4/h17-20H,5-16H2,1-4H3. The van der Waals surface area contributed by atoms with E-state index in [0.717, 1.165) is 25.1 Å². The third-order valence-corrected chi connectivity index (χ3v) is 4.65. The first-order chi connectivity index (χ1) is 10.7. The number of likely N-dealkylation sites (tertiary alicyclic amines) is 1. The largest absolute Gasteiger partial charge is 0.378 e. The molecule has 1 heterocycles. The minimum atomic E-state index is 0.514. The molecule has 1 N–H and O–H groups in total. The number of ether oxygens (including phenoxy) is 1. The van der Waals surface area contributed by atoms with Gasteiger partial charge < -0.3 is 15.0 Å². The van der Waals surface area contributed by atoms with Gasteiger partial charge in [0.15, 0.2) is 0 Å². The average molecular weight is 313 g/mol. The van der Waals surface area contributed by atoms with Crippen molar-refractivity contribution in [3.8, 4) is 0 Å². The van der Waals surface area contributed by atoms with Gasteiger partial charge >= 0.3 is 0 Å². The number of nitrogens with zero attached hydrogens (tertiary/aromatic N) is 1. The predicted octanol–water partition coefficient (Wildman–Crippen LogP) is 4.07. The zero-order chi connectivity index (χ0) is 16.2. The van der Waals surface area contributed by atoms with E-state index in [0.29, 0.717) is 6.10 Å². The van der Waals surface area contributed by atoms with E-state index in [-0.39, 0.29) is 0 Å². The molecule has 0 spiro atoms. The van der Waals surface area contributed by atoms with Crippen molar-refractivity contribution in [1.82, 2.24) is 10.2 Å². The molecule has 0 bridgehead atoms. The summed E-state index contributed by atoms with van der Waals surface area (Å²) in [6, 6.07) is 0.719. The zero-order valence-electron chi connectivity index (χ0n) is 15.6. The van der Waals surface area contributed by atoms with E-state index in [4.69, 9.17) is 4.74 Å². The first-order valence-electron chi connectivity index (χ1n) is 9.73. The fraction of sp³-hybridized carbons (Fsp3) is 1.00. The molecule has 22 heavy (non-hydrogen) atoms. The van der Waals surface area contributed by atoms with Crippen LogP contribution in [-0.2, 0) is 4.74 Å². The SMILES string of the molecule is CCCC(CC)NCCCCOC1CCN(CC(C)C)CC1. The normalized spacial score (nSPS) is 19.0. The van der Waals surface area contributed by atoms with E-state index in [1.807, 2.05) is 0 Å². The summed E-state index contributed by atoms with van der Waals surface area (Å²) in [5.74, 6) is 0.782. The smallest absolute Gasteiger partial charge is 0.0599 e. The van der Waals surface area contributed by atoms with E-state index in [1.165, 1.54) is 64.6 Å². The first-order valence-corrected chi connectivity index (χ1v) is 9.73. The highest BCUT2D eigenvalue weighted by Gasteiger charge is 2.19. The lowest BCUT2D eigenvalue weighted by Crippen LogP contribution is -2.39. The summed E-state index contributed by atoms with van der Waals surface area (Å²) in [4.78, 5) is 2.59. The number of nitrogens with one attached hydrogen (secondary N) is 1. The van der Waals surface area contributed by atoms with Gasteiger partial charge in [0, 0.05) is 32.3 Å². The molecule has 0 radical (unpaired) electrons. The highest BCUT2D eigenvalue weighted by Crippen LogP contribution is 2.15. The Kier molecular flexibility index (Phi) is 11.2. The maximum atomic E-state index is 6.06. The van der Waals surface area contributed by atoms with Crippen LogP contribution in [0.1, 0.15) is 72.6 Å². The van der Waals surface area contributed by atoms with E-state index in [2.05, 4.69) is 37.9 Å². The average Bonchev–Trinajstić information content (AvgIpc) is 2.50. The summed E-state index contributed by atoms with van der Waals surface area (Å²) >= 11 is 0.